The highest BCUT2D eigenvalue weighted by Crippen LogP contribution is 2.25. The Balaban J connectivity index is 1.80. The average Bonchev–Trinajstić information content (AvgIpc) is 2.76. The summed E-state index contributed by atoms with van der Waals surface area (Å²) in [5, 5.41) is 0. The number of anilines is 1. The molecule has 0 amide bonds. The zero-order valence-corrected chi connectivity index (χ0v) is 19.6. The first kappa shape index (κ1) is 25.0. The highest BCUT2D eigenvalue weighted by Gasteiger charge is 2.15. The number of esters is 1. The summed E-state index contributed by atoms with van der Waals surface area (Å²) in [6.07, 6.45) is 14.6. The molecular weight excluding hydrogens is 388 g/mol. The zero-order valence-electron chi connectivity index (χ0n) is 19.6. The van der Waals surface area contributed by atoms with Crippen LogP contribution in [-0.4, -0.2) is 31.4 Å². The molecule has 5 nitrogen and oxygen atoms in total. The number of benzene rings is 1. The number of ether oxygens (including phenoxy) is 2. The van der Waals surface area contributed by atoms with E-state index in [1.807, 2.05) is 38.4 Å². The van der Waals surface area contributed by atoms with E-state index in [-0.39, 0.29) is 12.1 Å². The third kappa shape index (κ3) is 10.0. The molecule has 0 aromatic heterocycles. The summed E-state index contributed by atoms with van der Waals surface area (Å²) in [6.45, 7) is 7.63. The first-order valence-corrected chi connectivity index (χ1v) is 12.0. The molecule has 31 heavy (non-hydrogen) atoms. The number of nitrogens with zero attached hydrogens (tertiary/aromatic N) is 2. The second-order valence-electron chi connectivity index (χ2n) is 8.31. The Kier molecular flexibility index (Phi) is 11.8. The lowest BCUT2D eigenvalue weighted by molar-refractivity contribution is -0.148. The van der Waals surface area contributed by atoms with Gasteiger partial charge < -0.3 is 14.4 Å². The van der Waals surface area contributed by atoms with E-state index in [4.69, 9.17) is 9.47 Å². The Hall–Kier alpha value is -2.30. The van der Waals surface area contributed by atoms with Gasteiger partial charge in [-0.3, -0.25) is 9.79 Å². The lowest BCUT2D eigenvalue weighted by Gasteiger charge is -2.24. The molecule has 0 spiro atoms. The average molecular weight is 429 g/mol. The van der Waals surface area contributed by atoms with Crippen LogP contribution in [0.3, 0.4) is 0 Å². The Labute approximate surface area is 188 Å². The Bertz CT molecular complexity index is 714. The summed E-state index contributed by atoms with van der Waals surface area (Å²) in [4.78, 5) is 18.3. The van der Waals surface area contributed by atoms with Gasteiger partial charge in [0, 0.05) is 37.0 Å². The van der Waals surface area contributed by atoms with Gasteiger partial charge in [-0.05, 0) is 31.9 Å². The normalized spacial score (nSPS) is 14.3. The molecule has 1 aliphatic rings. The predicted octanol–water partition coefficient (Wildman–Crippen LogP) is 6.67. The molecule has 0 N–H and O–H groups in total. The van der Waals surface area contributed by atoms with E-state index in [1.54, 1.807) is 0 Å². The lowest BCUT2D eigenvalue weighted by atomic mass is 10.1. The largest absolute Gasteiger partial charge is 0.494 e. The van der Waals surface area contributed by atoms with Crippen LogP contribution in [0.4, 0.5) is 5.69 Å². The lowest BCUT2D eigenvalue weighted by Crippen LogP contribution is -2.23. The van der Waals surface area contributed by atoms with E-state index in [0.29, 0.717) is 19.4 Å². The fraction of sp³-hybridized carbons (Fsp3) is 0.615. The molecule has 0 saturated carbocycles. The Morgan fingerprint density at radius 1 is 1.10 bits per heavy atom. The van der Waals surface area contributed by atoms with Crippen LogP contribution in [0.2, 0.25) is 0 Å². The number of hydrogen-bond donors (Lipinski definition) is 0. The molecule has 172 valence electrons. The molecule has 1 aromatic rings. The van der Waals surface area contributed by atoms with Crippen molar-refractivity contribution in [3.8, 4) is 5.75 Å². The van der Waals surface area contributed by atoms with Gasteiger partial charge in [-0.1, -0.05) is 58.4 Å². The smallest absolute Gasteiger partial charge is 0.306 e. The Morgan fingerprint density at radius 2 is 1.87 bits per heavy atom. The molecule has 0 saturated heterocycles. The molecule has 0 bridgehead atoms. The van der Waals surface area contributed by atoms with Gasteiger partial charge in [0.25, 0.3) is 0 Å². The SMILES string of the molecule is CCCCCCCCCOc1cccc(N2C=C(CC(C)OC(=O)CCC)N=CC2)c1. The van der Waals surface area contributed by atoms with E-state index in [9.17, 15) is 4.79 Å². The number of hydrogen-bond acceptors (Lipinski definition) is 5. The molecule has 1 heterocycles. The Morgan fingerprint density at radius 3 is 2.65 bits per heavy atom. The van der Waals surface area contributed by atoms with Crippen molar-refractivity contribution in [1.29, 1.82) is 0 Å². The van der Waals surface area contributed by atoms with Gasteiger partial charge in [-0.2, -0.15) is 0 Å². The van der Waals surface area contributed by atoms with Crippen molar-refractivity contribution in [3.05, 3.63) is 36.2 Å². The highest BCUT2D eigenvalue weighted by atomic mass is 16.5. The highest BCUT2D eigenvalue weighted by molar-refractivity contribution is 5.71. The minimum Gasteiger partial charge on any atom is -0.494 e. The van der Waals surface area contributed by atoms with Gasteiger partial charge >= 0.3 is 5.97 Å². The van der Waals surface area contributed by atoms with E-state index in [0.717, 1.165) is 36.6 Å². The molecule has 1 unspecified atom stereocenters. The summed E-state index contributed by atoms with van der Waals surface area (Å²) in [5.74, 6) is 0.765. The molecule has 1 aromatic carbocycles. The van der Waals surface area contributed by atoms with Crippen molar-refractivity contribution in [2.75, 3.05) is 18.1 Å². The summed E-state index contributed by atoms with van der Waals surface area (Å²) >= 11 is 0. The van der Waals surface area contributed by atoms with Crippen LogP contribution in [0.15, 0.2) is 41.2 Å². The van der Waals surface area contributed by atoms with Crippen molar-refractivity contribution >= 4 is 17.9 Å². The zero-order chi connectivity index (χ0) is 22.3. The number of carbonyl (C=O) groups excluding carboxylic acids is 1. The van der Waals surface area contributed by atoms with Crippen LogP contribution in [-0.2, 0) is 9.53 Å². The quantitative estimate of drug-likeness (QED) is 0.231. The van der Waals surface area contributed by atoms with E-state index in [2.05, 4.69) is 28.9 Å². The molecule has 2 rings (SSSR count). The van der Waals surface area contributed by atoms with Crippen LogP contribution in [0.25, 0.3) is 0 Å². The van der Waals surface area contributed by atoms with Crippen LogP contribution in [0.5, 0.6) is 5.75 Å². The maximum Gasteiger partial charge on any atom is 0.306 e. The minimum atomic E-state index is -0.181. The van der Waals surface area contributed by atoms with Crippen LogP contribution in [0.1, 0.15) is 85.0 Å². The van der Waals surface area contributed by atoms with Crippen LogP contribution in [0, 0.1) is 0 Å². The fourth-order valence-corrected chi connectivity index (χ4v) is 3.62. The molecule has 1 aliphatic heterocycles. The number of carbonyl (C=O) groups is 1. The predicted molar refractivity (Wildman–Crippen MR) is 129 cm³/mol. The summed E-state index contributed by atoms with van der Waals surface area (Å²) < 4.78 is 11.4. The monoisotopic (exact) mass is 428 g/mol. The summed E-state index contributed by atoms with van der Waals surface area (Å²) in [7, 11) is 0. The molecular formula is C26H40N2O3. The summed E-state index contributed by atoms with van der Waals surface area (Å²) in [6, 6.07) is 8.21. The van der Waals surface area contributed by atoms with Crippen LogP contribution >= 0.6 is 0 Å². The first-order chi connectivity index (χ1) is 15.1. The molecule has 0 fully saturated rings. The second-order valence-corrected chi connectivity index (χ2v) is 8.31. The van der Waals surface area contributed by atoms with Gasteiger partial charge in [0.2, 0.25) is 0 Å². The van der Waals surface area contributed by atoms with Crippen molar-refractivity contribution in [3.63, 3.8) is 0 Å². The van der Waals surface area contributed by atoms with Gasteiger partial charge in [0.1, 0.15) is 11.9 Å². The van der Waals surface area contributed by atoms with Crippen molar-refractivity contribution in [2.45, 2.75) is 91.1 Å². The third-order valence-corrected chi connectivity index (χ3v) is 5.29. The van der Waals surface area contributed by atoms with Crippen molar-refractivity contribution < 1.29 is 14.3 Å². The molecule has 5 heteroatoms. The number of rotatable bonds is 15. The van der Waals surface area contributed by atoms with E-state index < -0.39 is 0 Å². The number of aliphatic imine (C=N–C) groups is 1. The molecule has 0 radical (unpaired) electrons. The van der Waals surface area contributed by atoms with Crippen LogP contribution < -0.4 is 9.64 Å². The third-order valence-electron chi connectivity index (χ3n) is 5.29. The maximum absolute atomic E-state index is 11.7. The van der Waals surface area contributed by atoms with E-state index in [1.165, 1.54) is 38.5 Å². The fourth-order valence-electron chi connectivity index (χ4n) is 3.62. The van der Waals surface area contributed by atoms with E-state index >= 15 is 0 Å². The minimum absolute atomic E-state index is 0.141. The molecule has 1 atom stereocenters. The van der Waals surface area contributed by atoms with Gasteiger partial charge in [0.05, 0.1) is 18.8 Å². The second kappa shape index (κ2) is 14.7. The van der Waals surface area contributed by atoms with Crippen molar-refractivity contribution in [2.24, 2.45) is 4.99 Å². The van der Waals surface area contributed by atoms with Gasteiger partial charge in [0.15, 0.2) is 0 Å². The first-order valence-electron chi connectivity index (χ1n) is 12.0. The van der Waals surface area contributed by atoms with Gasteiger partial charge in [-0.25, -0.2) is 0 Å². The topological polar surface area (TPSA) is 51.1 Å². The van der Waals surface area contributed by atoms with Crippen molar-refractivity contribution in [1.82, 2.24) is 0 Å². The summed E-state index contributed by atoms with van der Waals surface area (Å²) in [5.41, 5.74) is 1.99. The maximum atomic E-state index is 11.7. The number of unbranched alkanes of at least 4 members (excludes halogenated alkanes) is 6. The van der Waals surface area contributed by atoms with Gasteiger partial charge in [-0.15, -0.1) is 0 Å². The molecule has 0 aliphatic carbocycles. The standard InChI is InChI=1S/C26H40N2O3/c1-4-6-7-8-9-10-11-18-30-25-15-12-14-24(20-25)28-17-16-27-23(21-28)19-22(3)31-26(29)13-5-2/h12,14-16,20-22H,4-11,13,17-19H2,1-3H3.